The van der Waals surface area contributed by atoms with Gasteiger partial charge in [0.2, 0.25) is 0 Å². The van der Waals surface area contributed by atoms with Crippen molar-refractivity contribution in [2.24, 2.45) is 0 Å². The van der Waals surface area contributed by atoms with Crippen molar-refractivity contribution in [3.8, 4) is 22.1 Å². The quantitative estimate of drug-likeness (QED) is 0.277. The van der Waals surface area contributed by atoms with E-state index in [-0.39, 0.29) is 11.6 Å². The minimum absolute atomic E-state index is 0.117. The van der Waals surface area contributed by atoms with Gasteiger partial charge >= 0.3 is 5.97 Å². The van der Waals surface area contributed by atoms with E-state index in [4.69, 9.17) is 9.47 Å². The first-order valence-electron chi connectivity index (χ1n) is 10.2. The lowest BCUT2D eigenvalue weighted by molar-refractivity contribution is 0.0729. The number of benzene rings is 3. The molecular formula is C26H22N2O4S. The Hall–Kier alpha value is -3.97. The third-order valence-electron chi connectivity index (χ3n) is 5.09. The molecule has 1 aromatic heterocycles. The lowest BCUT2D eigenvalue weighted by atomic mass is 10.1. The van der Waals surface area contributed by atoms with Crippen LogP contribution >= 0.6 is 11.3 Å². The van der Waals surface area contributed by atoms with Crippen LogP contribution in [0.25, 0.3) is 10.6 Å². The van der Waals surface area contributed by atoms with Crippen LogP contribution in [0.3, 0.4) is 0 Å². The minimum atomic E-state index is -0.539. The molecule has 1 heterocycles. The van der Waals surface area contributed by atoms with E-state index in [1.54, 1.807) is 60.8 Å². The molecule has 1 amide bonds. The van der Waals surface area contributed by atoms with Crippen molar-refractivity contribution in [3.63, 3.8) is 0 Å². The topological polar surface area (TPSA) is 68.7 Å². The zero-order valence-corrected chi connectivity index (χ0v) is 19.3. The van der Waals surface area contributed by atoms with Gasteiger partial charge in [0.25, 0.3) is 5.91 Å². The van der Waals surface area contributed by atoms with E-state index < -0.39 is 5.97 Å². The molecule has 33 heavy (non-hydrogen) atoms. The van der Waals surface area contributed by atoms with Crippen LogP contribution in [0, 0.1) is 6.92 Å². The number of rotatable bonds is 6. The van der Waals surface area contributed by atoms with Gasteiger partial charge in [-0.1, -0.05) is 17.7 Å². The van der Waals surface area contributed by atoms with E-state index in [0.29, 0.717) is 17.0 Å². The van der Waals surface area contributed by atoms with Crippen molar-refractivity contribution < 1.29 is 19.1 Å². The van der Waals surface area contributed by atoms with Crippen molar-refractivity contribution in [2.75, 3.05) is 19.1 Å². The molecule has 0 unspecified atom stereocenters. The van der Waals surface area contributed by atoms with Crippen LogP contribution in [0.4, 0.5) is 5.69 Å². The average molecular weight is 459 g/mol. The number of thiazole rings is 1. The summed E-state index contributed by atoms with van der Waals surface area (Å²) in [6, 6.07) is 21.7. The summed E-state index contributed by atoms with van der Waals surface area (Å²) < 4.78 is 10.6. The summed E-state index contributed by atoms with van der Waals surface area (Å²) in [6.45, 7) is 1.98. The van der Waals surface area contributed by atoms with Gasteiger partial charge in [0, 0.05) is 29.2 Å². The Morgan fingerprint density at radius 2 is 1.52 bits per heavy atom. The summed E-state index contributed by atoms with van der Waals surface area (Å²) in [5.74, 6) is 0.472. The lowest BCUT2D eigenvalue weighted by Crippen LogP contribution is -2.26. The number of ether oxygens (including phenoxy) is 2. The molecule has 0 N–H and O–H groups in total. The summed E-state index contributed by atoms with van der Waals surface area (Å²) in [6.07, 6.45) is 0. The fourth-order valence-corrected chi connectivity index (χ4v) is 3.93. The van der Waals surface area contributed by atoms with Crippen molar-refractivity contribution in [3.05, 3.63) is 95.0 Å². The molecule has 7 heteroatoms. The van der Waals surface area contributed by atoms with Gasteiger partial charge < -0.3 is 14.4 Å². The van der Waals surface area contributed by atoms with E-state index >= 15 is 0 Å². The van der Waals surface area contributed by atoms with Crippen LogP contribution in [0.1, 0.15) is 26.4 Å². The molecule has 0 radical (unpaired) electrons. The highest BCUT2D eigenvalue weighted by atomic mass is 32.1. The number of carbonyl (C=O) groups is 2. The maximum atomic E-state index is 12.7. The number of aromatic nitrogens is 1. The standard InChI is InChI=1S/C26H22N2O4S/c1-17-4-6-19(7-5-17)25(29)28(2)20-10-14-22(15-11-20)32-26(30)23-16-33-24(27-23)18-8-12-21(31-3)13-9-18/h4-16H,1-3H3. The maximum Gasteiger partial charge on any atom is 0.363 e. The minimum Gasteiger partial charge on any atom is -0.497 e. The first-order valence-corrected chi connectivity index (χ1v) is 11.1. The summed E-state index contributed by atoms with van der Waals surface area (Å²) in [4.78, 5) is 31.2. The second-order valence-electron chi connectivity index (χ2n) is 7.38. The Balaban J connectivity index is 1.41. The zero-order valence-electron chi connectivity index (χ0n) is 18.4. The number of amides is 1. The largest absolute Gasteiger partial charge is 0.497 e. The van der Waals surface area contributed by atoms with E-state index in [2.05, 4.69) is 4.98 Å². The zero-order chi connectivity index (χ0) is 23.4. The molecule has 4 aromatic rings. The summed E-state index contributed by atoms with van der Waals surface area (Å²) >= 11 is 1.37. The second kappa shape index (κ2) is 9.67. The Labute approximate surface area is 196 Å². The van der Waals surface area contributed by atoms with Gasteiger partial charge in [0.15, 0.2) is 5.69 Å². The third kappa shape index (κ3) is 5.10. The van der Waals surface area contributed by atoms with Gasteiger partial charge in [0.05, 0.1) is 7.11 Å². The van der Waals surface area contributed by atoms with Crippen molar-refractivity contribution >= 4 is 28.9 Å². The Kier molecular flexibility index (Phi) is 6.51. The summed E-state index contributed by atoms with van der Waals surface area (Å²) in [5.41, 5.74) is 3.52. The van der Waals surface area contributed by atoms with Gasteiger partial charge in [-0.25, -0.2) is 9.78 Å². The van der Waals surface area contributed by atoms with Gasteiger partial charge in [-0.2, -0.15) is 0 Å². The maximum absolute atomic E-state index is 12.7. The Morgan fingerprint density at radius 3 is 2.15 bits per heavy atom. The summed E-state index contributed by atoms with van der Waals surface area (Å²) in [5, 5.41) is 2.39. The predicted octanol–water partition coefficient (Wildman–Crippen LogP) is 5.62. The molecule has 0 aliphatic heterocycles. The van der Waals surface area contributed by atoms with Gasteiger partial charge in [-0.15, -0.1) is 11.3 Å². The molecule has 0 atom stereocenters. The molecule has 4 rings (SSSR count). The van der Waals surface area contributed by atoms with E-state index in [1.165, 1.54) is 11.3 Å². The number of aryl methyl sites for hydroxylation is 1. The van der Waals surface area contributed by atoms with Crippen LogP contribution in [0.15, 0.2) is 78.2 Å². The Bertz CT molecular complexity index is 1260. The first-order chi connectivity index (χ1) is 15.9. The SMILES string of the molecule is COc1ccc(-c2nc(C(=O)Oc3ccc(N(C)C(=O)c4ccc(C)cc4)cc3)cs2)cc1. The fourth-order valence-electron chi connectivity index (χ4n) is 3.14. The Morgan fingerprint density at radius 1 is 0.879 bits per heavy atom. The lowest BCUT2D eigenvalue weighted by Gasteiger charge is -2.18. The number of hydrogen-bond donors (Lipinski definition) is 0. The molecule has 0 fully saturated rings. The normalized spacial score (nSPS) is 10.5. The molecule has 0 spiro atoms. The molecule has 0 bridgehead atoms. The smallest absolute Gasteiger partial charge is 0.363 e. The molecule has 166 valence electrons. The van der Waals surface area contributed by atoms with Crippen LogP contribution in [0.5, 0.6) is 11.5 Å². The van der Waals surface area contributed by atoms with Gasteiger partial charge in [-0.3, -0.25) is 4.79 Å². The van der Waals surface area contributed by atoms with E-state index in [9.17, 15) is 9.59 Å². The summed E-state index contributed by atoms with van der Waals surface area (Å²) in [7, 11) is 3.32. The number of carbonyl (C=O) groups excluding carboxylic acids is 2. The van der Waals surface area contributed by atoms with E-state index in [0.717, 1.165) is 21.9 Å². The number of anilines is 1. The average Bonchev–Trinajstić information content (AvgIpc) is 3.35. The highest BCUT2D eigenvalue weighted by Crippen LogP contribution is 2.27. The molecule has 3 aromatic carbocycles. The molecule has 0 saturated heterocycles. The number of nitrogens with zero attached hydrogens (tertiary/aromatic N) is 2. The van der Waals surface area contributed by atoms with Gasteiger partial charge in [-0.05, 0) is 67.6 Å². The molecule has 0 saturated carbocycles. The number of methoxy groups -OCH3 is 1. The first kappa shape index (κ1) is 22.2. The highest BCUT2D eigenvalue weighted by molar-refractivity contribution is 7.13. The number of hydrogen-bond acceptors (Lipinski definition) is 6. The van der Waals surface area contributed by atoms with Crippen molar-refractivity contribution in [1.29, 1.82) is 0 Å². The molecule has 0 aliphatic rings. The van der Waals surface area contributed by atoms with Crippen LogP contribution < -0.4 is 14.4 Å². The van der Waals surface area contributed by atoms with Gasteiger partial charge in [0.1, 0.15) is 16.5 Å². The number of esters is 1. The van der Waals surface area contributed by atoms with Crippen LogP contribution in [0.2, 0.25) is 0 Å². The molecular weight excluding hydrogens is 436 g/mol. The van der Waals surface area contributed by atoms with Crippen LogP contribution in [-0.2, 0) is 0 Å². The van der Waals surface area contributed by atoms with E-state index in [1.807, 2.05) is 43.3 Å². The molecule has 6 nitrogen and oxygen atoms in total. The van der Waals surface area contributed by atoms with Crippen molar-refractivity contribution in [2.45, 2.75) is 6.92 Å². The highest BCUT2D eigenvalue weighted by Gasteiger charge is 2.16. The monoisotopic (exact) mass is 458 g/mol. The van der Waals surface area contributed by atoms with Crippen molar-refractivity contribution in [1.82, 2.24) is 4.98 Å². The predicted molar refractivity (Wildman–Crippen MR) is 129 cm³/mol. The third-order valence-corrected chi connectivity index (χ3v) is 5.98. The second-order valence-corrected chi connectivity index (χ2v) is 8.24. The fraction of sp³-hybridized carbons (Fsp3) is 0.115. The van der Waals surface area contributed by atoms with Crippen LogP contribution in [-0.4, -0.2) is 31.0 Å². The molecule has 0 aliphatic carbocycles.